The van der Waals surface area contributed by atoms with E-state index in [0.717, 1.165) is 11.1 Å². The smallest absolute Gasteiger partial charge is 0.272 e. The highest BCUT2D eigenvalue weighted by molar-refractivity contribution is 5.77. The van der Waals surface area contributed by atoms with Crippen molar-refractivity contribution in [2.24, 2.45) is 0 Å². The number of nitrogens with zero attached hydrogens (tertiary/aromatic N) is 4. The summed E-state index contributed by atoms with van der Waals surface area (Å²) in [4.78, 5) is 28.9. The molecule has 0 aliphatic rings. The fraction of sp³-hybridized carbons (Fsp3) is 0.286. The average Bonchev–Trinajstić information content (AvgIpc) is 3.19. The van der Waals surface area contributed by atoms with Gasteiger partial charge in [-0.2, -0.15) is 4.98 Å². The third-order valence-electron chi connectivity index (χ3n) is 4.57. The number of aryl methyl sites for hydroxylation is 2. The number of hydrogen-bond donors (Lipinski definition) is 0. The summed E-state index contributed by atoms with van der Waals surface area (Å²) in [5.74, 6) is 0.920. The van der Waals surface area contributed by atoms with Gasteiger partial charge in [0.25, 0.3) is 11.6 Å². The van der Waals surface area contributed by atoms with Gasteiger partial charge in [0.1, 0.15) is 12.3 Å². The Morgan fingerprint density at radius 2 is 1.93 bits per heavy atom. The van der Waals surface area contributed by atoms with Crippen molar-refractivity contribution >= 4 is 11.6 Å². The van der Waals surface area contributed by atoms with Crippen molar-refractivity contribution in [1.82, 2.24) is 15.0 Å². The maximum atomic E-state index is 12.5. The van der Waals surface area contributed by atoms with E-state index in [1.165, 1.54) is 23.1 Å². The normalized spacial score (nSPS) is 10.6. The van der Waals surface area contributed by atoms with Crippen LogP contribution in [0.25, 0.3) is 11.4 Å². The number of amides is 1. The van der Waals surface area contributed by atoms with Gasteiger partial charge in [-0.1, -0.05) is 35.0 Å². The molecular weight excluding hydrogens is 388 g/mol. The summed E-state index contributed by atoms with van der Waals surface area (Å²) in [7, 11) is 0. The standard InChI is InChI=1S/C21H22N4O5/c1-4-24(12-19-22-21(23-30-19)16-7-5-14(2)6-8-16)20(26)13-29-17-9-10-18(25(27)28)15(3)11-17/h5-11H,4,12-13H2,1-3H3. The van der Waals surface area contributed by atoms with E-state index in [-0.39, 0.29) is 24.7 Å². The van der Waals surface area contributed by atoms with Crippen molar-refractivity contribution < 1.29 is 19.0 Å². The van der Waals surface area contributed by atoms with E-state index >= 15 is 0 Å². The van der Waals surface area contributed by atoms with Crippen molar-refractivity contribution in [3.05, 3.63) is 69.6 Å². The van der Waals surface area contributed by atoms with Gasteiger partial charge in [0, 0.05) is 23.7 Å². The number of carbonyl (C=O) groups excluding carboxylic acids is 1. The van der Waals surface area contributed by atoms with Gasteiger partial charge in [-0.3, -0.25) is 14.9 Å². The lowest BCUT2D eigenvalue weighted by Crippen LogP contribution is -2.34. The zero-order valence-corrected chi connectivity index (χ0v) is 17.0. The van der Waals surface area contributed by atoms with Crippen LogP contribution in [0.4, 0.5) is 5.69 Å². The Bertz CT molecular complexity index is 1050. The van der Waals surface area contributed by atoms with Crippen LogP contribution in [0.15, 0.2) is 47.0 Å². The van der Waals surface area contributed by atoms with E-state index in [0.29, 0.717) is 29.6 Å². The SMILES string of the molecule is CCN(Cc1nc(-c2ccc(C)cc2)no1)C(=O)COc1ccc([N+](=O)[O-])c(C)c1. The van der Waals surface area contributed by atoms with E-state index in [1.54, 1.807) is 6.92 Å². The third-order valence-corrected chi connectivity index (χ3v) is 4.57. The molecule has 0 saturated heterocycles. The molecule has 0 bridgehead atoms. The molecule has 0 unspecified atom stereocenters. The van der Waals surface area contributed by atoms with Gasteiger partial charge in [-0.25, -0.2) is 0 Å². The predicted molar refractivity (Wildman–Crippen MR) is 109 cm³/mol. The van der Waals surface area contributed by atoms with E-state index in [4.69, 9.17) is 9.26 Å². The van der Waals surface area contributed by atoms with Crippen LogP contribution in [0.3, 0.4) is 0 Å². The minimum Gasteiger partial charge on any atom is -0.484 e. The van der Waals surface area contributed by atoms with Crippen LogP contribution in [0.2, 0.25) is 0 Å². The Balaban J connectivity index is 1.61. The molecule has 0 aliphatic heterocycles. The maximum Gasteiger partial charge on any atom is 0.272 e. The molecule has 1 heterocycles. The molecule has 9 nitrogen and oxygen atoms in total. The molecule has 0 fully saturated rings. The number of ether oxygens (including phenoxy) is 1. The second kappa shape index (κ2) is 9.17. The van der Waals surface area contributed by atoms with Crippen molar-refractivity contribution in [2.75, 3.05) is 13.2 Å². The van der Waals surface area contributed by atoms with E-state index in [1.807, 2.05) is 38.1 Å². The maximum absolute atomic E-state index is 12.5. The van der Waals surface area contributed by atoms with Gasteiger partial charge in [0.05, 0.1) is 4.92 Å². The number of aromatic nitrogens is 2. The lowest BCUT2D eigenvalue weighted by molar-refractivity contribution is -0.385. The first-order chi connectivity index (χ1) is 14.4. The summed E-state index contributed by atoms with van der Waals surface area (Å²) < 4.78 is 10.8. The van der Waals surface area contributed by atoms with Gasteiger partial charge >= 0.3 is 0 Å². The van der Waals surface area contributed by atoms with Gasteiger partial charge in [0.2, 0.25) is 11.7 Å². The van der Waals surface area contributed by atoms with Crippen LogP contribution in [0.5, 0.6) is 5.75 Å². The third kappa shape index (κ3) is 4.99. The van der Waals surface area contributed by atoms with Crippen LogP contribution in [-0.4, -0.2) is 39.0 Å². The Kier molecular flexibility index (Phi) is 6.41. The Morgan fingerprint density at radius 1 is 1.20 bits per heavy atom. The highest BCUT2D eigenvalue weighted by Crippen LogP contribution is 2.23. The molecule has 0 radical (unpaired) electrons. The summed E-state index contributed by atoms with van der Waals surface area (Å²) in [6, 6.07) is 12.1. The molecule has 3 rings (SSSR count). The lowest BCUT2D eigenvalue weighted by Gasteiger charge is -2.19. The van der Waals surface area contributed by atoms with Crippen LogP contribution in [-0.2, 0) is 11.3 Å². The van der Waals surface area contributed by atoms with Gasteiger partial charge in [0.15, 0.2) is 6.61 Å². The van der Waals surface area contributed by atoms with Crippen LogP contribution < -0.4 is 4.74 Å². The second-order valence-corrected chi connectivity index (χ2v) is 6.78. The Labute approximate surface area is 173 Å². The largest absolute Gasteiger partial charge is 0.484 e. The number of rotatable bonds is 8. The Hall–Kier alpha value is -3.75. The van der Waals surface area contributed by atoms with Crippen LogP contribution in [0.1, 0.15) is 23.9 Å². The van der Waals surface area contributed by atoms with Crippen LogP contribution >= 0.6 is 0 Å². The monoisotopic (exact) mass is 410 g/mol. The summed E-state index contributed by atoms with van der Waals surface area (Å²) in [6.45, 7) is 5.85. The van der Waals surface area contributed by atoms with Gasteiger partial charge in [-0.15, -0.1) is 0 Å². The molecule has 9 heteroatoms. The molecule has 0 aliphatic carbocycles. The van der Waals surface area contributed by atoms with Crippen molar-refractivity contribution in [2.45, 2.75) is 27.3 Å². The molecule has 0 atom stereocenters. The van der Waals surface area contributed by atoms with Crippen molar-refractivity contribution in [3.63, 3.8) is 0 Å². The zero-order valence-electron chi connectivity index (χ0n) is 17.0. The van der Waals surface area contributed by atoms with E-state index in [9.17, 15) is 14.9 Å². The molecule has 156 valence electrons. The fourth-order valence-electron chi connectivity index (χ4n) is 2.84. The zero-order chi connectivity index (χ0) is 21.7. The first kappa shape index (κ1) is 21.0. The number of hydrogen-bond acceptors (Lipinski definition) is 7. The number of carbonyl (C=O) groups is 1. The van der Waals surface area contributed by atoms with Crippen LogP contribution in [0, 0.1) is 24.0 Å². The number of benzene rings is 2. The molecular formula is C21H22N4O5. The number of likely N-dealkylation sites (N-methyl/N-ethyl adjacent to an activating group) is 1. The number of nitro benzene ring substituents is 1. The van der Waals surface area contributed by atoms with E-state index in [2.05, 4.69) is 10.1 Å². The quantitative estimate of drug-likeness (QED) is 0.411. The molecule has 0 spiro atoms. The minimum atomic E-state index is -0.460. The van der Waals surface area contributed by atoms with Crippen molar-refractivity contribution in [3.8, 4) is 17.1 Å². The van der Waals surface area contributed by atoms with E-state index < -0.39 is 4.92 Å². The first-order valence-electron chi connectivity index (χ1n) is 9.42. The highest BCUT2D eigenvalue weighted by atomic mass is 16.6. The molecule has 3 aromatic rings. The summed E-state index contributed by atoms with van der Waals surface area (Å²) in [6.07, 6.45) is 0. The molecule has 1 amide bonds. The molecule has 0 saturated carbocycles. The summed E-state index contributed by atoms with van der Waals surface area (Å²) >= 11 is 0. The van der Waals surface area contributed by atoms with Gasteiger partial charge in [-0.05, 0) is 32.9 Å². The molecule has 1 aromatic heterocycles. The number of nitro groups is 1. The summed E-state index contributed by atoms with van der Waals surface area (Å²) in [5.41, 5.74) is 2.44. The second-order valence-electron chi connectivity index (χ2n) is 6.78. The average molecular weight is 410 g/mol. The lowest BCUT2D eigenvalue weighted by atomic mass is 10.1. The predicted octanol–water partition coefficient (Wildman–Crippen LogP) is 3.69. The fourth-order valence-corrected chi connectivity index (χ4v) is 2.84. The van der Waals surface area contributed by atoms with Gasteiger partial charge < -0.3 is 14.2 Å². The molecule has 2 aromatic carbocycles. The topological polar surface area (TPSA) is 112 Å². The van der Waals surface area contributed by atoms with Crippen molar-refractivity contribution in [1.29, 1.82) is 0 Å². The first-order valence-corrected chi connectivity index (χ1v) is 9.42. The molecule has 30 heavy (non-hydrogen) atoms. The highest BCUT2D eigenvalue weighted by Gasteiger charge is 2.18. The Morgan fingerprint density at radius 3 is 2.57 bits per heavy atom. The summed E-state index contributed by atoms with van der Waals surface area (Å²) in [5, 5.41) is 14.9. The minimum absolute atomic E-state index is 0.00429. The molecule has 0 N–H and O–H groups in total.